The molecule has 2 aromatic rings. The summed E-state index contributed by atoms with van der Waals surface area (Å²) < 4.78 is 1.47. The molecule has 5 heteroatoms. The van der Waals surface area contributed by atoms with Crippen LogP contribution in [-0.4, -0.2) is 21.4 Å². The summed E-state index contributed by atoms with van der Waals surface area (Å²) in [5.74, 6) is 1.64. The predicted molar refractivity (Wildman–Crippen MR) is 60.2 cm³/mol. The third-order valence-electron chi connectivity index (χ3n) is 2.46. The predicted octanol–water partition coefficient (Wildman–Crippen LogP) is 1.50. The lowest BCUT2D eigenvalue weighted by molar-refractivity contribution is -0.416. The molecule has 0 fully saturated rings. The van der Waals surface area contributed by atoms with E-state index in [9.17, 15) is 4.79 Å². The minimum atomic E-state index is 0.0622. The molecule has 0 spiro atoms. The highest BCUT2D eigenvalue weighted by molar-refractivity contribution is 7.99. The summed E-state index contributed by atoms with van der Waals surface area (Å²) in [6, 6.07) is 9.81. The van der Waals surface area contributed by atoms with Crippen LogP contribution in [0.1, 0.15) is 11.2 Å². The van der Waals surface area contributed by atoms with E-state index < -0.39 is 0 Å². The van der Waals surface area contributed by atoms with Crippen LogP contribution in [0.4, 0.5) is 0 Å². The molecule has 16 heavy (non-hydrogen) atoms. The Hall–Kier alpha value is -1.62. The van der Waals surface area contributed by atoms with E-state index in [1.165, 1.54) is 4.68 Å². The molecule has 0 amide bonds. The van der Waals surface area contributed by atoms with Crippen molar-refractivity contribution in [1.29, 1.82) is 0 Å². The van der Waals surface area contributed by atoms with Crippen LogP contribution in [0, 0.1) is 0 Å². The number of rotatable bonds is 1. The summed E-state index contributed by atoms with van der Waals surface area (Å²) >= 11 is 1.63. The van der Waals surface area contributed by atoms with E-state index >= 15 is 0 Å². The molecule has 80 valence electrons. The standard InChI is InChI=1S/C11H9N3OS/c15-9-6-7-16-11-12-10(13-14(9)11)8-4-2-1-3-5-8/h1-5H,6-7H2/p+1. The van der Waals surface area contributed by atoms with Crippen LogP contribution in [0.25, 0.3) is 11.4 Å². The number of thioether (sulfide) groups is 1. The van der Waals surface area contributed by atoms with Gasteiger partial charge in [0.15, 0.2) is 0 Å². The van der Waals surface area contributed by atoms with Crippen LogP contribution in [0.5, 0.6) is 0 Å². The Morgan fingerprint density at radius 2 is 2.12 bits per heavy atom. The maximum absolute atomic E-state index is 11.6. The first kappa shape index (κ1) is 9.59. The lowest BCUT2D eigenvalue weighted by Crippen LogP contribution is -2.21. The maximum Gasteiger partial charge on any atom is 0.321 e. The summed E-state index contributed by atoms with van der Waals surface area (Å²) in [5, 5.41) is 5.12. The molecule has 4 nitrogen and oxygen atoms in total. The van der Waals surface area contributed by atoms with Gasteiger partial charge in [-0.2, -0.15) is 0 Å². The fraction of sp³-hybridized carbons (Fsp3) is 0.182. The smallest absolute Gasteiger partial charge is 0.253 e. The summed E-state index contributed by atoms with van der Waals surface area (Å²) in [5.41, 5.74) is 0.998. The molecule has 0 atom stereocenters. The van der Waals surface area contributed by atoms with Crippen LogP contribution >= 0.6 is 11.8 Å². The molecule has 1 N–H and O–H groups in total. The van der Waals surface area contributed by atoms with Crippen molar-refractivity contribution in [3.05, 3.63) is 30.3 Å². The number of benzene rings is 1. The fourth-order valence-corrected chi connectivity index (χ4v) is 2.56. The zero-order chi connectivity index (χ0) is 11.0. The van der Waals surface area contributed by atoms with E-state index in [2.05, 4.69) is 10.1 Å². The summed E-state index contributed by atoms with van der Waals surface area (Å²) in [4.78, 5) is 14.8. The number of nitrogens with one attached hydrogen (secondary N) is 1. The zero-order valence-electron chi connectivity index (χ0n) is 8.51. The molecule has 1 aromatic carbocycles. The molecule has 3 rings (SSSR count). The van der Waals surface area contributed by atoms with Crippen LogP contribution in [0.3, 0.4) is 0 Å². The Morgan fingerprint density at radius 3 is 2.88 bits per heavy atom. The van der Waals surface area contributed by atoms with Crippen LogP contribution in [0.15, 0.2) is 35.5 Å². The molecule has 0 saturated carbocycles. The van der Waals surface area contributed by atoms with Crippen molar-refractivity contribution in [2.75, 3.05) is 5.75 Å². The van der Waals surface area contributed by atoms with Gasteiger partial charge >= 0.3 is 16.9 Å². The minimum Gasteiger partial charge on any atom is -0.253 e. The topological polar surface area (TPSA) is 49.0 Å². The molecular formula is C11H10N3OS+. The second-order valence-corrected chi connectivity index (χ2v) is 4.63. The second-order valence-electron chi connectivity index (χ2n) is 3.55. The van der Waals surface area contributed by atoms with Gasteiger partial charge in [0.2, 0.25) is 0 Å². The Morgan fingerprint density at radius 1 is 1.31 bits per heavy atom. The summed E-state index contributed by atoms with van der Waals surface area (Å²) in [7, 11) is 0. The van der Waals surface area contributed by atoms with Gasteiger partial charge in [-0.05, 0) is 16.8 Å². The average molecular weight is 232 g/mol. The Kier molecular flexibility index (Phi) is 2.25. The number of H-pyrrole nitrogens is 1. The van der Waals surface area contributed by atoms with Gasteiger partial charge in [0.25, 0.3) is 0 Å². The van der Waals surface area contributed by atoms with E-state index in [0.29, 0.717) is 6.42 Å². The van der Waals surface area contributed by atoms with Gasteiger partial charge in [-0.3, -0.25) is 4.79 Å². The Labute approximate surface area is 96.7 Å². The fourth-order valence-electron chi connectivity index (χ4n) is 1.66. The number of carbonyl (C=O) groups excluding carboxylic acids is 1. The number of hydrogen-bond donors (Lipinski definition) is 0. The molecule has 2 heterocycles. The van der Waals surface area contributed by atoms with E-state index in [1.54, 1.807) is 11.8 Å². The highest BCUT2D eigenvalue weighted by Gasteiger charge is 2.29. The number of fused-ring (bicyclic) bond motifs is 1. The number of aromatic amines is 1. The number of carbonyl (C=O) groups is 1. The Bertz CT molecular complexity index is 535. The quantitative estimate of drug-likeness (QED) is 0.748. The maximum atomic E-state index is 11.6. The van der Waals surface area contributed by atoms with Gasteiger partial charge in [0.1, 0.15) is 0 Å². The summed E-state index contributed by atoms with van der Waals surface area (Å²) in [6.07, 6.45) is 0.557. The van der Waals surface area contributed by atoms with Crippen molar-refractivity contribution in [1.82, 2.24) is 9.78 Å². The molecular weight excluding hydrogens is 222 g/mol. The van der Waals surface area contributed by atoms with E-state index in [0.717, 1.165) is 22.3 Å². The monoisotopic (exact) mass is 232 g/mol. The van der Waals surface area contributed by atoms with Crippen molar-refractivity contribution in [2.45, 2.75) is 11.6 Å². The molecule has 1 aliphatic rings. The molecule has 1 aromatic heterocycles. The van der Waals surface area contributed by atoms with Crippen molar-refractivity contribution in [2.24, 2.45) is 0 Å². The molecule has 0 unspecified atom stereocenters. The first-order valence-electron chi connectivity index (χ1n) is 5.08. The molecule has 0 aliphatic carbocycles. The number of aromatic nitrogens is 3. The van der Waals surface area contributed by atoms with Gasteiger partial charge in [0, 0.05) is 5.75 Å². The van der Waals surface area contributed by atoms with E-state index in [-0.39, 0.29) is 5.91 Å². The Balaban J connectivity index is 2.08. The van der Waals surface area contributed by atoms with Gasteiger partial charge in [-0.15, -0.1) is 0 Å². The lowest BCUT2D eigenvalue weighted by atomic mass is 10.2. The van der Waals surface area contributed by atoms with Crippen LogP contribution in [-0.2, 0) is 0 Å². The van der Waals surface area contributed by atoms with Crippen molar-refractivity contribution in [3.8, 4) is 11.4 Å². The molecule has 0 saturated heterocycles. The molecule has 0 radical (unpaired) electrons. The van der Waals surface area contributed by atoms with Crippen molar-refractivity contribution in [3.63, 3.8) is 0 Å². The first-order chi connectivity index (χ1) is 7.84. The third-order valence-corrected chi connectivity index (χ3v) is 3.41. The first-order valence-corrected chi connectivity index (χ1v) is 6.07. The SMILES string of the molecule is O=C1CCSc2[nH+]c(-c3ccccc3)nn21. The van der Waals surface area contributed by atoms with E-state index in [1.807, 2.05) is 30.3 Å². The zero-order valence-corrected chi connectivity index (χ0v) is 9.33. The van der Waals surface area contributed by atoms with Crippen molar-refractivity contribution < 1.29 is 9.78 Å². The largest absolute Gasteiger partial charge is 0.321 e. The average Bonchev–Trinajstić information content (AvgIpc) is 2.76. The van der Waals surface area contributed by atoms with Gasteiger partial charge < -0.3 is 0 Å². The van der Waals surface area contributed by atoms with E-state index in [4.69, 9.17) is 0 Å². The highest BCUT2D eigenvalue weighted by Crippen LogP contribution is 2.22. The molecule has 0 bridgehead atoms. The summed E-state index contributed by atoms with van der Waals surface area (Å²) in [6.45, 7) is 0. The third kappa shape index (κ3) is 1.53. The normalized spacial score (nSPS) is 14.9. The van der Waals surface area contributed by atoms with Gasteiger partial charge in [0.05, 0.1) is 17.1 Å². The van der Waals surface area contributed by atoms with Crippen molar-refractivity contribution >= 4 is 17.7 Å². The minimum absolute atomic E-state index is 0.0622. The highest BCUT2D eigenvalue weighted by atomic mass is 32.2. The molecule has 1 aliphatic heterocycles. The van der Waals surface area contributed by atoms with Gasteiger partial charge in [-0.1, -0.05) is 30.0 Å². The van der Waals surface area contributed by atoms with Gasteiger partial charge in [-0.25, -0.2) is 4.98 Å². The second kappa shape index (κ2) is 3.75. The number of nitrogens with zero attached hydrogens (tertiary/aromatic N) is 2. The lowest BCUT2D eigenvalue weighted by Gasteiger charge is -2.00. The number of hydrogen-bond acceptors (Lipinski definition) is 3. The van der Waals surface area contributed by atoms with Crippen LogP contribution in [0.2, 0.25) is 0 Å². The van der Waals surface area contributed by atoms with Crippen LogP contribution < -0.4 is 4.98 Å².